The van der Waals surface area contributed by atoms with Gasteiger partial charge in [-0.3, -0.25) is 0 Å². The fraction of sp³-hybridized carbons (Fsp3) is 0.100. The Morgan fingerprint density at radius 2 is 1.43 bits per heavy atom. The molecule has 0 N–H and O–H groups in total. The van der Waals surface area contributed by atoms with E-state index in [0.29, 0.717) is 0 Å². The molecule has 1 aliphatic heterocycles. The van der Waals surface area contributed by atoms with E-state index in [1.165, 1.54) is 11.1 Å². The summed E-state index contributed by atoms with van der Waals surface area (Å²) in [4.78, 5) is 2.16. The minimum atomic E-state index is 0.965. The SMILES string of the molecule is C=C1CC/C(=C\c2ccccc2)C(=C)N1c1ccccc1. The predicted molar refractivity (Wildman–Crippen MR) is 90.9 cm³/mol. The number of hydrogen-bond donors (Lipinski definition) is 0. The summed E-state index contributed by atoms with van der Waals surface area (Å²) in [6, 6.07) is 20.7. The average molecular weight is 273 g/mol. The molecule has 3 rings (SSSR count). The van der Waals surface area contributed by atoms with Crippen LogP contribution in [0.4, 0.5) is 5.69 Å². The molecule has 1 saturated heterocycles. The molecule has 1 aliphatic rings. The highest BCUT2D eigenvalue weighted by Crippen LogP contribution is 2.36. The molecule has 0 bridgehead atoms. The lowest BCUT2D eigenvalue weighted by Crippen LogP contribution is -2.25. The molecule has 0 spiro atoms. The van der Waals surface area contributed by atoms with Crippen molar-refractivity contribution in [3.63, 3.8) is 0 Å². The zero-order valence-corrected chi connectivity index (χ0v) is 12.1. The van der Waals surface area contributed by atoms with Crippen molar-refractivity contribution < 1.29 is 0 Å². The van der Waals surface area contributed by atoms with E-state index in [9.17, 15) is 0 Å². The third-order valence-corrected chi connectivity index (χ3v) is 3.79. The van der Waals surface area contributed by atoms with E-state index in [-0.39, 0.29) is 0 Å². The van der Waals surface area contributed by atoms with Crippen LogP contribution < -0.4 is 4.90 Å². The Morgan fingerprint density at radius 1 is 0.810 bits per heavy atom. The molecule has 0 aromatic heterocycles. The minimum Gasteiger partial charge on any atom is -0.315 e. The second kappa shape index (κ2) is 5.84. The van der Waals surface area contributed by atoms with Crippen molar-refractivity contribution in [2.75, 3.05) is 4.90 Å². The fourth-order valence-corrected chi connectivity index (χ4v) is 2.69. The van der Waals surface area contributed by atoms with Gasteiger partial charge in [-0.2, -0.15) is 0 Å². The summed E-state index contributed by atoms with van der Waals surface area (Å²) < 4.78 is 0. The van der Waals surface area contributed by atoms with Gasteiger partial charge in [-0.15, -0.1) is 0 Å². The van der Waals surface area contributed by atoms with Gasteiger partial charge in [-0.05, 0) is 42.2 Å². The molecule has 2 aromatic rings. The Hall–Kier alpha value is -2.54. The van der Waals surface area contributed by atoms with Gasteiger partial charge in [0, 0.05) is 17.1 Å². The van der Waals surface area contributed by atoms with Crippen LogP contribution in [-0.4, -0.2) is 0 Å². The Bertz CT molecular complexity index is 680. The summed E-state index contributed by atoms with van der Waals surface area (Å²) >= 11 is 0. The third kappa shape index (κ3) is 2.82. The van der Waals surface area contributed by atoms with Gasteiger partial charge in [0.05, 0.1) is 0 Å². The van der Waals surface area contributed by atoms with E-state index < -0.39 is 0 Å². The van der Waals surface area contributed by atoms with Gasteiger partial charge in [0.1, 0.15) is 0 Å². The second-order valence-corrected chi connectivity index (χ2v) is 5.26. The van der Waals surface area contributed by atoms with Gasteiger partial charge < -0.3 is 4.90 Å². The number of nitrogens with zero attached hydrogens (tertiary/aromatic N) is 1. The molecule has 1 heteroatoms. The first-order chi connectivity index (χ1) is 10.3. The molecule has 0 radical (unpaired) electrons. The summed E-state index contributed by atoms with van der Waals surface area (Å²) in [5.41, 5.74) is 5.76. The van der Waals surface area contributed by atoms with Crippen LogP contribution in [0.15, 0.2) is 90.8 Å². The smallest absolute Gasteiger partial charge is 0.0457 e. The lowest BCUT2D eigenvalue weighted by Gasteiger charge is -2.34. The van der Waals surface area contributed by atoms with Crippen molar-refractivity contribution in [1.29, 1.82) is 0 Å². The molecule has 1 fully saturated rings. The normalized spacial score (nSPS) is 17.3. The van der Waals surface area contributed by atoms with Crippen LogP contribution in [0, 0.1) is 0 Å². The Balaban J connectivity index is 1.94. The first-order valence-corrected chi connectivity index (χ1v) is 7.23. The molecule has 1 nitrogen and oxygen atoms in total. The van der Waals surface area contributed by atoms with E-state index in [2.05, 4.69) is 60.5 Å². The van der Waals surface area contributed by atoms with Crippen LogP contribution in [0.2, 0.25) is 0 Å². The topological polar surface area (TPSA) is 3.24 Å². The maximum absolute atomic E-state index is 4.30. The van der Waals surface area contributed by atoms with Crippen LogP contribution in [-0.2, 0) is 0 Å². The summed E-state index contributed by atoms with van der Waals surface area (Å²) in [6.07, 6.45) is 4.19. The van der Waals surface area contributed by atoms with E-state index >= 15 is 0 Å². The van der Waals surface area contributed by atoms with Gasteiger partial charge in [-0.1, -0.05) is 61.7 Å². The number of anilines is 1. The number of hydrogen-bond acceptors (Lipinski definition) is 1. The monoisotopic (exact) mass is 273 g/mol. The number of allylic oxidation sites excluding steroid dienone is 2. The average Bonchev–Trinajstić information content (AvgIpc) is 2.52. The highest BCUT2D eigenvalue weighted by molar-refractivity contribution is 5.68. The molecular weight excluding hydrogens is 254 g/mol. The first-order valence-electron chi connectivity index (χ1n) is 7.23. The van der Waals surface area contributed by atoms with Crippen molar-refractivity contribution in [2.45, 2.75) is 12.8 Å². The largest absolute Gasteiger partial charge is 0.315 e. The Kier molecular flexibility index (Phi) is 3.74. The highest BCUT2D eigenvalue weighted by atomic mass is 15.2. The standard InChI is InChI=1S/C20H19N/c1-16-13-14-19(15-18-9-5-3-6-10-18)17(2)21(16)20-11-7-4-8-12-20/h3-12,15H,1-2,13-14H2/b19-15+. The lowest BCUT2D eigenvalue weighted by molar-refractivity contribution is 0.830. The van der Waals surface area contributed by atoms with Crippen molar-refractivity contribution in [3.05, 3.63) is 96.4 Å². The van der Waals surface area contributed by atoms with Gasteiger partial charge in [-0.25, -0.2) is 0 Å². The highest BCUT2D eigenvalue weighted by Gasteiger charge is 2.22. The fourth-order valence-electron chi connectivity index (χ4n) is 2.69. The van der Waals surface area contributed by atoms with Gasteiger partial charge in [0.25, 0.3) is 0 Å². The molecule has 0 atom stereocenters. The van der Waals surface area contributed by atoms with Crippen molar-refractivity contribution in [3.8, 4) is 0 Å². The maximum Gasteiger partial charge on any atom is 0.0457 e. The maximum atomic E-state index is 4.30. The van der Waals surface area contributed by atoms with Crippen LogP contribution in [0.1, 0.15) is 18.4 Å². The van der Waals surface area contributed by atoms with Gasteiger partial charge >= 0.3 is 0 Å². The molecule has 2 aromatic carbocycles. The lowest BCUT2D eigenvalue weighted by atomic mass is 9.96. The first kappa shape index (κ1) is 13.4. The van der Waals surface area contributed by atoms with Gasteiger partial charge in [0.2, 0.25) is 0 Å². The number of benzene rings is 2. The van der Waals surface area contributed by atoms with Crippen molar-refractivity contribution in [1.82, 2.24) is 0 Å². The Morgan fingerprint density at radius 3 is 2.10 bits per heavy atom. The summed E-state index contributed by atoms with van der Waals surface area (Å²) in [5, 5.41) is 0. The van der Waals surface area contributed by atoms with E-state index in [1.807, 2.05) is 24.3 Å². The molecule has 21 heavy (non-hydrogen) atoms. The van der Waals surface area contributed by atoms with Crippen LogP contribution in [0.3, 0.4) is 0 Å². The number of para-hydroxylation sites is 1. The Labute approximate surface area is 126 Å². The molecule has 1 heterocycles. The van der Waals surface area contributed by atoms with E-state index in [4.69, 9.17) is 0 Å². The van der Waals surface area contributed by atoms with Crippen LogP contribution >= 0.6 is 0 Å². The minimum absolute atomic E-state index is 0.965. The predicted octanol–water partition coefficient (Wildman–Crippen LogP) is 5.40. The molecular formula is C20H19N. The molecule has 104 valence electrons. The van der Waals surface area contributed by atoms with Gasteiger partial charge in [0.15, 0.2) is 0 Å². The summed E-state index contributed by atoms with van der Waals surface area (Å²) in [7, 11) is 0. The number of rotatable bonds is 2. The molecule has 0 unspecified atom stereocenters. The molecule has 0 amide bonds. The van der Waals surface area contributed by atoms with E-state index in [1.54, 1.807) is 0 Å². The quantitative estimate of drug-likeness (QED) is 0.708. The van der Waals surface area contributed by atoms with Crippen molar-refractivity contribution >= 4 is 11.8 Å². The molecule has 0 aliphatic carbocycles. The van der Waals surface area contributed by atoms with Crippen LogP contribution in [0.25, 0.3) is 6.08 Å². The molecule has 0 saturated carbocycles. The third-order valence-electron chi connectivity index (χ3n) is 3.79. The van der Waals surface area contributed by atoms with E-state index in [0.717, 1.165) is 29.9 Å². The zero-order chi connectivity index (χ0) is 14.7. The number of piperidine rings is 1. The zero-order valence-electron chi connectivity index (χ0n) is 12.1. The van der Waals surface area contributed by atoms with Crippen LogP contribution in [0.5, 0.6) is 0 Å². The summed E-state index contributed by atoms with van der Waals surface area (Å²) in [5.74, 6) is 0. The van der Waals surface area contributed by atoms with Crippen molar-refractivity contribution in [2.24, 2.45) is 0 Å². The second-order valence-electron chi connectivity index (χ2n) is 5.26. The summed E-state index contributed by atoms with van der Waals surface area (Å²) in [6.45, 7) is 8.50.